The molecule has 33 valence electrons. The zero-order chi connectivity index (χ0) is 0. The summed E-state index contributed by atoms with van der Waals surface area (Å²) in [5.74, 6) is 0. The monoisotopic (exact) mass is 235 g/mol. The van der Waals surface area contributed by atoms with Crippen LogP contribution in [0.3, 0.4) is 0 Å². The van der Waals surface area contributed by atoms with Crippen LogP contribution in [0, 0.1) is 0 Å². The maximum atomic E-state index is 0. The minimum atomic E-state index is 0. The van der Waals surface area contributed by atoms with Crippen molar-refractivity contribution < 1.29 is 56.2 Å². The topological polar surface area (TPSA) is 31.5 Å². The molecule has 1 nitrogen and oxygen atoms in total. The third kappa shape index (κ3) is 9.91. The summed E-state index contributed by atoms with van der Waals surface area (Å²) in [5.41, 5.74) is 0. The van der Waals surface area contributed by atoms with E-state index in [4.69, 9.17) is 0 Å². The van der Waals surface area contributed by atoms with Crippen molar-refractivity contribution in [3.63, 3.8) is 0 Å². The van der Waals surface area contributed by atoms with Crippen molar-refractivity contribution in [1.82, 2.24) is 0 Å². The summed E-state index contributed by atoms with van der Waals surface area (Å²) < 4.78 is 0. The summed E-state index contributed by atoms with van der Waals surface area (Å²) in [6.07, 6.45) is 0. The van der Waals surface area contributed by atoms with Crippen LogP contribution < -0.4 is 34.0 Å². The molecule has 0 aliphatic carbocycles. The molecule has 0 aromatic heterocycles. The molecule has 1 radical (unpaired) electrons. The molecule has 0 fully saturated rings. The second kappa shape index (κ2) is 25.5. The molecule has 2 N–H and O–H groups in total. The molecule has 0 amide bonds. The van der Waals surface area contributed by atoms with E-state index in [1.165, 1.54) is 0 Å². The zero-order valence-electron chi connectivity index (χ0n) is 1.59. The first kappa shape index (κ1) is 52.3. The van der Waals surface area contributed by atoms with Crippen LogP contribution in [-0.4, -0.2) is 5.48 Å². The van der Waals surface area contributed by atoms with E-state index in [1.54, 1.807) is 0 Å². The maximum Gasteiger partial charge on any atom is 0 e. The van der Waals surface area contributed by atoms with E-state index in [0.717, 1.165) is 0 Å². The summed E-state index contributed by atoms with van der Waals surface area (Å²) in [6.45, 7) is 0. The normalized spacial score (nSPS) is 0. The van der Waals surface area contributed by atoms with Gasteiger partial charge in [-0.15, -0.1) is 0 Å². The number of halogens is 2. The van der Waals surface area contributed by atoms with Gasteiger partial charge in [-0.2, -0.15) is 0 Å². The Morgan fingerprint density at radius 3 is 0.750 bits per heavy atom. The molecule has 0 saturated carbocycles. The fourth-order valence-electron chi connectivity index (χ4n) is 0. The van der Waals surface area contributed by atoms with E-state index in [1.807, 2.05) is 0 Å². The minimum Gasteiger partial charge on any atom is -1.00 e. The van der Waals surface area contributed by atoms with Crippen molar-refractivity contribution in [1.29, 1.82) is 0 Å². The van der Waals surface area contributed by atoms with Crippen molar-refractivity contribution in [3.05, 3.63) is 0 Å². The molecule has 0 aliphatic rings. The van der Waals surface area contributed by atoms with Crippen LogP contribution in [0.2, 0.25) is 0 Å². The summed E-state index contributed by atoms with van der Waals surface area (Å²) in [4.78, 5) is 0. The molecule has 0 spiro atoms. The van der Waals surface area contributed by atoms with Crippen LogP contribution >= 0.6 is 0 Å². The molecule has 0 aromatic rings. The molecule has 0 heterocycles. The maximum absolute atomic E-state index is 0. The van der Waals surface area contributed by atoms with E-state index in [0.29, 0.717) is 0 Å². The van der Waals surface area contributed by atoms with E-state index in [9.17, 15) is 0 Å². The van der Waals surface area contributed by atoms with Crippen molar-refractivity contribution in [2.24, 2.45) is 0 Å². The van der Waals surface area contributed by atoms with Crippen LogP contribution in [0.15, 0.2) is 0 Å². The standard InChI is InChI=1S/2BrH.Co.H2O/h2*1H;;1H2/p-2. The van der Waals surface area contributed by atoms with Crippen LogP contribution in [-0.2, 0) is 16.8 Å². The first-order chi connectivity index (χ1) is 0. The van der Waals surface area contributed by atoms with Crippen LogP contribution in [0.1, 0.15) is 0 Å². The van der Waals surface area contributed by atoms with E-state index in [2.05, 4.69) is 0 Å². The molecule has 0 atom stereocenters. The first-order valence-corrected chi connectivity index (χ1v) is 0. The van der Waals surface area contributed by atoms with Gasteiger partial charge in [-0.1, -0.05) is 0 Å². The molecule has 0 saturated heterocycles. The van der Waals surface area contributed by atoms with Gasteiger partial charge in [-0.05, 0) is 0 Å². The van der Waals surface area contributed by atoms with Crippen LogP contribution in [0.25, 0.3) is 0 Å². The Balaban J connectivity index is 0. The molecule has 4 heteroatoms. The second-order valence-electron chi connectivity index (χ2n) is 0. The van der Waals surface area contributed by atoms with Crippen molar-refractivity contribution in [3.8, 4) is 0 Å². The Morgan fingerprint density at radius 1 is 0.750 bits per heavy atom. The molecular weight excluding hydrogens is 235 g/mol. The number of hydrogen-bond donors (Lipinski definition) is 0. The van der Waals surface area contributed by atoms with Gasteiger partial charge in [-0.3, -0.25) is 0 Å². The van der Waals surface area contributed by atoms with Crippen LogP contribution in [0.4, 0.5) is 0 Å². The predicted molar refractivity (Wildman–Crippen MR) is 3.61 cm³/mol. The van der Waals surface area contributed by atoms with Gasteiger partial charge in [0.2, 0.25) is 0 Å². The molecule has 4 heavy (non-hydrogen) atoms. The van der Waals surface area contributed by atoms with E-state index < -0.39 is 0 Å². The van der Waals surface area contributed by atoms with E-state index in [-0.39, 0.29) is 56.2 Å². The van der Waals surface area contributed by atoms with Gasteiger partial charge < -0.3 is 39.4 Å². The number of hydrogen-bond acceptors (Lipinski definition) is 0. The van der Waals surface area contributed by atoms with Gasteiger partial charge in [0, 0.05) is 16.8 Å². The minimum absolute atomic E-state index is 0. The second-order valence-corrected chi connectivity index (χ2v) is 0. The largest absolute Gasteiger partial charge is 1.00 e. The van der Waals surface area contributed by atoms with Gasteiger partial charge in [0.15, 0.2) is 0 Å². The van der Waals surface area contributed by atoms with Crippen molar-refractivity contribution in [2.45, 2.75) is 0 Å². The predicted octanol–water partition coefficient (Wildman–Crippen LogP) is -6.82. The first-order valence-electron chi connectivity index (χ1n) is 0. The smallest absolute Gasteiger partial charge is 0 e. The van der Waals surface area contributed by atoms with Gasteiger partial charge in [-0.25, -0.2) is 0 Å². The summed E-state index contributed by atoms with van der Waals surface area (Å²) in [6, 6.07) is 0. The summed E-state index contributed by atoms with van der Waals surface area (Å²) in [7, 11) is 0. The molecule has 0 unspecified atom stereocenters. The van der Waals surface area contributed by atoms with E-state index >= 15 is 0 Å². The molecule has 0 aliphatic heterocycles. The molecule has 0 bridgehead atoms. The fraction of sp³-hybridized carbons (Fsp3) is 0. The Labute approximate surface area is 56.2 Å². The average Bonchev–Trinajstić information content (AvgIpc) is 0. The van der Waals surface area contributed by atoms with Crippen LogP contribution in [0.5, 0.6) is 0 Å². The Morgan fingerprint density at radius 2 is 0.750 bits per heavy atom. The van der Waals surface area contributed by atoms with Gasteiger partial charge in [0.05, 0.1) is 0 Å². The van der Waals surface area contributed by atoms with Gasteiger partial charge in [0.1, 0.15) is 0 Å². The Hall–Kier alpha value is 1.43. The molecular formula is H2Br2CoO-2. The zero-order valence-corrected chi connectivity index (χ0v) is 5.80. The summed E-state index contributed by atoms with van der Waals surface area (Å²) in [5, 5.41) is 0. The van der Waals surface area contributed by atoms with Crippen molar-refractivity contribution >= 4 is 0 Å². The quantitative estimate of drug-likeness (QED) is 0.401. The average molecular weight is 237 g/mol. The molecule has 0 aromatic carbocycles. The Kier molecular flexibility index (Phi) is 334. The third-order valence-corrected chi connectivity index (χ3v) is 0. The Bertz CT molecular complexity index is 6.00. The number of rotatable bonds is 0. The SMILES string of the molecule is O.[Br-].[Br-].[Co]. The molecule has 0 rings (SSSR count). The fourth-order valence-corrected chi connectivity index (χ4v) is 0. The summed E-state index contributed by atoms with van der Waals surface area (Å²) >= 11 is 0. The third-order valence-electron chi connectivity index (χ3n) is 0. The van der Waals surface area contributed by atoms with Gasteiger partial charge >= 0.3 is 0 Å². The van der Waals surface area contributed by atoms with Crippen molar-refractivity contribution in [2.75, 3.05) is 0 Å². The van der Waals surface area contributed by atoms with Gasteiger partial charge in [0.25, 0.3) is 0 Å².